The van der Waals surface area contributed by atoms with Gasteiger partial charge in [0.1, 0.15) is 11.3 Å². The van der Waals surface area contributed by atoms with E-state index in [0.29, 0.717) is 0 Å². The van der Waals surface area contributed by atoms with Crippen molar-refractivity contribution in [1.29, 1.82) is 5.41 Å². The summed E-state index contributed by atoms with van der Waals surface area (Å²) in [7, 11) is -3.57. The number of primary amides is 1. The lowest BCUT2D eigenvalue weighted by atomic mass is 10.1. The quantitative estimate of drug-likeness (QED) is 0.725. The minimum atomic E-state index is -3.57. The molecule has 2 rings (SSSR count). The summed E-state index contributed by atoms with van der Waals surface area (Å²) < 4.78 is 39.9. The van der Waals surface area contributed by atoms with Gasteiger partial charge in [0.15, 0.2) is 0 Å². The summed E-state index contributed by atoms with van der Waals surface area (Å²) in [5, 5.41) is 8.16. The van der Waals surface area contributed by atoms with Gasteiger partial charge in [-0.2, -0.15) is 0 Å². The standard InChI is InChI=1S/C14H14ClFN4O3S.CH4/c1-24(22,23)19-12-3-2-10(16)4-8(12)6-20-7-9(15)5-11(13(20)17)14(18)21;/h2-5,7,17,19H,6H2,1H3,(H2,18,21);1H4. The zero-order valence-electron chi connectivity index (χ0n) is 12.5. The van der Waals surface area contributed by atoms with Crippen LogP contribution in [0.2, 0.25) is 5.02 Å². The lowest BCUT2D eigenvalue weighted by molar-refractivity contribution is 0.0997. The number of rotatable bonds is 5. The number of anilines is 1. The van der Waals surface area contributed by atoms with Crippen molar-refractivity contribution >= 4 is 33.2 Å². The Hall–Kier alpha value is -2.39. The van der Waals surface area contributed by atoms with Gasteiger partial charge in [0.2, 0.25) is 10.0 Å². The Bertz CT molecular complexity index is 973. The molecule has 1 heterocycles. The zero-order valence-corrected chi connectivity index (χ0v) is 14.1. The molecule has 7 nitrogen and oxygen atoms in total. The number of benzene rings is 1. The Balaban J connectivity index is 0.00000312. The van der Waals surface area contributed by atoms with Crippen molar-refractivity contribution in [2.24, 2.45) is 5.73 Å². The van der Waals surface area contributed by atoms with Crippen molar-refractivity contribution in [3.8, 4) is 0 Å². The molecule has 1 aromatic heterocycles. The second kappa shape index (κ2) is 7.66. The minimum absolute atomic E-state index is 0. The van der Waals surface area contributed by atoms with E-state index < -0.39 is 21.7 Å². The van der Waals surface area contributed by atoms with Gasteiger partial charge in [-0.1, -0.05) is 19.0 Å². The van der Waals surface area contributed by atoms with Crippen molar-refractivity contribution < 1.29 is 17.6 Å². The summed E-state index contributed by atoms with van der Waals surface area (Å²) in [4.78, 5) is 11.4. The Labute approximate surface area is 149 Å². The average Bonchev–Trinajstić information content (AvgIpc) is 2.43. The van der Waals surface area contributed by atoms with E-state index in [1.807, 2.05) is 0 Å². The predicted octanol–water partition coefficient (Wildman–Crippen LogP) is 1.91. The van der Waals surface area contributed by atoms with Crippen molar-refractivity contribution in [3.63, 3.8) is 0 Å². The number of amides is 1. The van der Waals surface area contributed by atoms with E-state index >= 15 is 0 Å². The predicted molar refractivity (Wildman–Crippen MR) is 94.5 cm³/mol. The molecule has 10 heteroatoms. The van der Waals surface area contributed by atoms with Crippen LogP contribution in [-0.2, 0) is 16.6 Å². The van der Waals surface area contributed by atoms with Crippen LogP contribution in [0, 0.1) is 11.2 Å². The highest BCUT2D eigenvalue weighted by molar-refractivity contribution is 7.92. The van der Waals surface area contributed by atoms with Gasteiger partial charge < -0.3 is 10.3 Å². The lowest BCUT2D eigenvalue weighted by Gasteiger charge is -2.14. The van der Waals surface area contributed by atoms with E-state index in [9.17, 15) is 17.6 Å². The maximum atomic E-state index is 13.5. The molecule has 0 unspecified atom stereocenters. The molecule has 0 aliphatic heterocycles. The number of sulfonamides is 1. The van der Waals surface area contributed by atoms with E-state index in [1.165, 1.54) is 22.9 Å². The maximum absolute atomic E-state index is 13.5. The monoisotopic (exact) mass is 388 g/mol. The molecule has 2 aromatic rings. The van der Waals surface area contributed by atoms with Gasteiger partial charge in [-0.15, -0.1) is 0 Å². The summed E-state index contributed by atoms with van der Waals surface area (Å²) in [6.45, 7) is -0.0880. The van der Waals surface area contributed by atoms with Gasteiger partial charge in [0, 0.05) is 6.20 Å². The van der Waals surface area contributed by atoms with Crippen LogP contribution >= 0.6 is 11.6 Å². The molecular formula is C15H18ClFN4O3S. The van der Waals surface area contributed by atoms with Crippen molar-refractivity contribution in [3.05, 3.63) is 57.9 Å². The summed E-state index contributed by atoms with van der Waals surface area (Å²) in [6, 6.07) is 4.76. The molecule has 0 atom stereocenters. The normalized spacial score (nSPS) is 10.8. The smallest absolute Gasteiger partial charge is 0.252 e. The van der Waals surface area contributed by atoms with Crippen molar-refractivity contribution in [1.82, 2.24) is 4.57 Å². The van der Waals surface area contributed by atoms with Crippen LogP contribution in [0.4, 0.5) is 10.1 Å². The molecule has 0 saturated carbocycles. The zero-order chi connectivity index (χ0) is 18.1. The molecular weight excluding hydrogens is 371 g/mol. The average molecular weight is 389 g/mol. The Kier molecular flexibility index (Phi) is 6.33. The molecule has 1 aromatic carbocycles. The molecule has 0 radical (unpaired) electrons. The second-order valence-electron chi connectivity index (χ2n) is 5.09. The number of halogens is 2. The number of hydrogen-bond donors (Lipinski definition) is 3. The fourth-order valence-electron chi connectivity index (χ4n) is 2.10. The van der Waals surface area contributed by atoms with E-state index in [0.717, 1.165) is 18.4 Å². The summed E-state index contributed by atoms with van der Waals surface area (Å²) in [5.41, 5.74) is 5.30. The molecule has 0 bridgehead atoms. The number of carbonyl (C=O) groups excluding carboxylic acids is 1. The third-order valence-electron chi connectivity index (χ3n) is 3.07. The first-order valence-corrected chi connectivity index (χ1v) is 8.84. The van der Waals surface area contributed by atoms with Gasteiger partial charge in [0.25, 0.3) is 5.91 Å². The van der Waals surface area contributed by atoms with E-state index in [2.05, 4.69) is 4.72 Å². The van der Waals surface area contributed by atoms with Crippen molar-refractivity contribution in [2.75, 3.05) is 11.0 Å². The molecule has 25 heavy (non-hydrogen) atoms. The molecule has 4 N–H and O–H groups in total. The number of pyridine rings is 1. The molecule has 0 saturated heterocycles. The van der Waals surface area contributed by atoms with Crippen LogP contribution in [0.5, 0.6) is 0 Å². The first kappa shape index (κ1) is 20.7. The molecule has 0 aliphatic rings. The molecule has 136 valence electrons. The summed E-state index contributed by atoms with van der Waals surface area (Å²) in [5.74, 6) is -1.40. The maximum Gasteiger partial charge on any atom is 0.252 e. The number of aromatic nitrogens is 1. The highest BCUT2D eigenvalue weighted by Gasteiger charge is 2.13. The van der Waals surface area contributed by atoms with Crippen LogP contribution in [0.3, 0.4) is 0 Å². The Morgan fingerprint density at radius 1 is 1.40 bits per heavy atom. The Morgan fingerprint density at radius 3 is 2.60 bits per heavy atom. The third kappa shape index (κ3) is 5.30. The van der Waals surface area contributed by atoms with Crippen LogP contribution in [0.25, 0.3) is 0 Å². The summed E-state index contributed by atoms with van der Waals surface area (Å²) >= 11 is 5.91. The van der Waals surface area contributed by atoms with E-state index in [-0.39, 0.29) is 41.3 Å². The largest absolute Gasteiger partial charge is 0.365 e. The minimum Gasteiger partial charge on any atom is -0.365 e. The fraction of sp³-hybridized carbons (Fsp3) is 0.200. The molecule has 0 fully saturated rings. The first-order chi connectivity index (χ1) is 11.1. The second-order valence-corrected chi connectivity index (χ2v) is 7.27. The van der Waals surface area contributed by atoms with Gasteiger partial charge in [-0.05, 0) is 29.8 Å². The summed E-state index contributed by atoms with van der Waals surface area (Å²) in [6.07, 6.45) is 2.33. The molecule has 0 aliphatic carbocycles. The van der Waals surface area contributed by atoms with Crippen LogP contribution < -0.4 is 15.9 Å². The van der Waals surface area contributed by atoms with E-state index in [4.69, 9.17) is 22.7 Å². The highest BCUT2D eigenvalue weighted by atomic mass is 35.5. The number of carbonyl (C=O) groups is 1. The fourth-order valence-corrected chi connectivity index (χ4v) is 2.93. The number of nitrogens with two attached hydrogens (primary N) is 1. The van der Waals surface area contributed by atoms with Crippen molar-refractivity contribution in [2.45, 2.75) is 14.0 Å². The third-order valence-corrected chi connectivity index (χ3v) is 3.87. The topological polar surface area (TPSA) is 118 Å². The first-order valence-electron chi connectivity index (χ1n) is 6.57. The van der Waals surface area contributed by atoms with E-state index in [1.54, 1.807) is 0 Å². The Morgan fingerprint density at radius 2 is 2.04 bits per heavy atom. The highest BCUT2D eigenvalue weighted by Crippen LogP contribution is 2.20. The number of hydrogen-bond acceptors (Lipinski definition) is 4. The van der Waals surface area contributed by atoms with Crippen LogP contribution in [0.15, 0.2) is 30.5 Å². The SMILES string of the molecule is C.CS(=O)(=O)Nc1ccc(F)cc1Cn1cc(Cl)cc(C(N)=O)c1=N. The lowest BCUT2D eigenvalue weighted by Crippen LogP contribution is -2.30. The molecule has 0 spiro atoms. The van der Waals surface area contributed by atoms with Gasteiger partial charge >= 0.3 is 0 Å². The van der Waals surface area contributed by atoms with Gasteiger partial charge in [0.05, 0.1) is 29.1 Å². The number of nitrogens with zero attached hydrogens (tertiary/aromatic N) is 1. The van der Waals surface area contributed by atoms with Crippen LogP contribution in [-0.4, -0.2) is 25.1 Å². The molecule has 1 amide bonds. The van der Waals surface area contributed by atoms with Gasteiger partial charge in [-0.25, -0.2) is 12.8 Å². The number of nitrogens with one attached hydrogen (secondary N) is 2. The van der Waals surface area contributed by atoms with Crippen LogP contribution in [0.1, 0.15) is 23.3 Å². The van der Waals surface area contributed by atoms with Gasteiger partial charge in [-0.3, -0.25) is 14.9 Å².